The van der Waals surface area contributed by atoms with Gasteiger partial charge in [0, 0.05) is 22.3 Å². The minimum atomic E-state index is -1.14. The monoisotopic (exact) mass is 1390 g/mol. The molecule has 10 aromatic rings. The lowest BCUT2D eigenvalue weighted by molar-refractivity contribution is 0.0711. The van der Waals surface area contributed by atoms with E-state index in [1.807, 2.05) is 0 Å². The number of rotatable bonds is 12. The van der Waals surface area contributed by atoms with Gasteiger partial charge in [-0.15, -0.1) is 0 Å². The highest BCUT2D eigenvalue weighted by atomic mass is 35.5. The molecule has 8 aromatic carbocycles. The van der Waals surface area contributed by atoms with Gasteiger partial charge in [-0.05, 0) is 144 Å². The van der Waals surface area contributed by atoms with Gasteiger partial charge in [-0.3, -0.25) is 0 Å². The molecule has 0 saturated heterocycles. The van der Waals surface area contributed by atoms with Crippen LogP contribution in [0, 0.1) is 46.5 Å². The van der Waals surface area contributed by atoms with Crippen LogP contribution in [0.5, 0.6) is 23.0 Å². The third-order valence-electron chi connectivity index (χ3n) is 15.7. The lowest BCUT2D eigenvalue weighted by atomic mass is 9.98. The highest BCUT2D eigenvalue weighted by Gasteiger charge is 2.37. The van der Waals surface area contributed by atoms with Crippen molar-refractivity contribution in [3.05, 3.63) is 339 Å². The molecule has 0 aliphatic carbocycles. The topological polar surface area (TPSA) is 152 Å². The van der Waals surface area contributed by atoms with E-state index < -0.39 is 93.4 Å². The number of allylic oxidation sites excluding steroid dienone is 4. The number of nitrogens with zero attached hydrogens (tertiary/aromatic N) is 4. The zero-order valence-electron chi connectivity index (χ0n) is 48.6. The second-order valence-electron chi connectivity index (χ2n) is 21.4. The number of carbonyl (C=O) groups excluding carboxylic acids is 4. The first-order valence-corrected chi connectivity index (χ1v) is 30.0. The molecular formula is C72H33Cl4F8N5O8. The standard InChI is InChI=1S/C72H33Cl4F8N5O8/c73-57-58(74)62-55(35-17-25-39(26-18-35)71(92)96-67-45(81)9-3-10-46(67)82)51-31-32-52-56(36-19-27-40(28-20-36)72(93)97-68-47(83)11-4-12-48(68)84)64-60(76)59(75)63(86-64)54(34-15-23-38(24-16-34)70(91)95-66-43(79)7-2-8-44(66)80)50-30-29-49(88(50)87-89(51)52)53(61(57)85-62)33-13-21-37(22-14-33)69(90)94-65-41(77)5-1-6-42(65)78/h1-32,87H/b53-49-,54-50+,55-51?,56-52?,61-53?,62-55-,63-54?,64-56-. The molecule has 478 valence electrons. The van der Waals surface area contributed by atoms with Crippen molar-refractivity contribution in [2.45, 2.75) is 0 Å². The summed E-state index contributed by atoms with van der Waals surface area (Å²) < 4.78 is 142. The van der Waals surface area contributed by atoms with Crippen LogP contribution in [0.4, 0.5) is 35.1 Å². The average molecular weight is 1390 g/mol. The van der Waals surface area contributed by atoms with Gasteiger partial charge in [0.15, 0.2) is 46.5 Å². The van der Waals surface area contributed by atoms with E-state index in [2.05, 4.69) is 5.53 Å². The predicted molar refractivity (Wildman–Crippen MR) is 343 cm³/mol. The zero-order valence-corrected chi connectivity index (χ0v) is 51.6. The maximum Gasteiger partial charge on any atom is 0.343 e. The van der Waals surface area contributed by atoms with Crippen molar-refractivity contribution >= 4 is 104 Å². The summed E-state index contributed by atoms with van der Waals surface area (Å²) in [5.74, 6) is -17.4. The van der Waals surface area contributed by atoms with Crippen LogP contribution < -0.4 is 35.2 Å². The summed E-state index contributed by atoms with van der Waals surface area (Å²) in [6.45, 7) is 0. The highest BCUT2D eigenvalue weighted by Crippen LogP contribution is 2.46. The van der Waals surface area contributed by atoms with Crippen molar-refractivity contribution in [1.82, 2.24) is 9.35 Å². The molecule has 0 amide bonds. The van der Waals surface area contributed by atoms with Crippen LogP contribution >= 0.6 is 46.4 Å². The second-order valence-corrected chi connectivity index (χ2v) is 22.9. The summed E-state index contributed by atoms with van der Waals surface area (Å²) in [4.78, 5) is 65.0. The van der Waals surface area contributed by atoms with Gasteiger partial charge in [0.2, 0.25) is 23.0 Å². The van der Waals surface area contributed by atoms with Crippen LogP contribution in [-0.2, 0) is 0 Å². The van der Waals surface area contributed by atoms with Gasteiger partial charge in [-0.2, -0.15) is 0 Å². The molecule has 0 fully saturated rings. The van der Waals surface area contributed by atoms with Gasteiger partial charge in [0.25, 0.3) is 0 Å². The normalized spacial score (nSPS) is 16.5. The molecule has 97 heavy (non-hydrogen) atoms. The molecule has 0 unspecified atom stereocenters. The van der Waals surface area contributed by atoms with Crippen LogP contribution in [-0.4, -0.2) is 44.7 Å². The Kier molecular flexibility index (Phi) is 16.3. The number of para-hydroxylation sites is 4. The van der Waals surface area contributed by atoms with Crippen molar-refractivity contribution in [2.24, 2.45) is 9.98 Å². The van der Waals surface area contributed by atoms with Crippen molar-refractivity contribution in [1.29, 1.82) is 0 Å². The summed E-state index contributed by atoms with van der Waals surface area (Å²) in [6, 6.07) is 40.7. The van der Waals surface area contributed by atoms with Crippen LogP contribution in [0.3, 0.4) is 0 Å². The molecule has 6 heterocycles. The molecule has 2 aromatic heterocycles. The van der Waals surface area contributed by atoms with Gasteiger partial charge >= 0.3 is 23.9 Å². The molecular weight excluding hydrogens is 1360 g/mol. The molecule has 4 aliphatic heterocycles. The fraction of sp³-hybridized carbons (Fsp3) is 0. The molecule has 0 spiro atoms. The number of hydrogen-bond acceptors (Lipinski definition) is 11. The first kappa shape index (κ1) is 63.1. The maximum absolute atomic E-state index is 14.8. The molecule has 0 atom stereocenters. The Morgan fingerprint density at radius 2 is 0.557 bits per heavy atom. The lowest BCUT2D eigenvalue weighted by Gasteiger charge is -2.24. The largest absolute Gasteiger partial charge is 0.417 e. The van der Waals surface area contributed by atoms with E-state index >= 15 is 0 Å². The minimum absolute atomic E-state index is 0.0178. The van der Waals surface area contributed by atoms with Gasteiger partial charge in [0.1, 0.15) is 0 Å². The van der Waals surface area contributed by atoms with E-state index in [0.29, 0.717) is 0 Å². The van der Waals surface area contributed by atoms with Crippen LogP contribution in [0.2, 0.25) is 0 Å². The van der Waals surface area contributed by atoms with Crippen molar-refractivity contribution in [3.63, 3.8) is 0 Å². The van der Waals surface area contributed by atoms with E-state index in [1.165, 1.54) is 97.1 Å². The number of benzene rings is 8. The van der Waals surface area contributed by atoms with Gasteiger partial charge in [-0.1, -0.05) is 119 Å². The third-order valence-corrected chi connectivity index (χ3v) is 17.4. The molecule has 14 rings (SSSR count). The van der Waals surface area contributed by atoms with E-state index in [1.54, 1.807) is 33.6 Å². The fourth-order valence-electron chi connectivity index (χ4n) is 11.1. The molecule has 1 N–H and O–H groups in total. The molecule has 6 bridgehead atoms. The number of fused-ring (bicyclic) bond motifs is 2. The maximum atomic E-state index is 14.8. The van der Waals surface area contributed by atoms with E-state index in [-0.39, 0.29) is 132 Å². The first-order chi connectivity index (χ1) is 46.7. The molecule has 25 heteroatoms. The Hall–Kier alpha value is -11.4. The Bertz CT molecular complexity index is 5060. The Morgan fingerprint density at radius 3 is 0.814 bits per heavy atom. The number of ether oxygens (including phenoxy) is 4. The number of aromatic nitrogens is 2. The summed E-state index contributed by atoms with van der Waals surface area (Å²) in [6.07, 6.45) is 0. The Balaban J connectivity index is 1.02. The number of aliphatic imine (C=N–C) groups is 2. The third kappa shape index (κ3) is 11.3. The van der Waals surface area contributed by atoms with Crippen LogP contribution in [0.1, 0.15) is 75.1 Å². The number of esters is 4. The molecule has 0 saturated carbocycles. The SMILES string of the molecule is O=C(Oc1c(F)cccc1F)c1ccc(/C2=C3N=C(C(Cl)=C/3Cl)/C(c3ccc(C(=O)Oc4c(F)cccc4F)cc3)=c3/cc/c4n3Nn3c2ccc3/C(c2ccc(C(=O)Oc3c(F)cccc3F)cc2)=C2N=C(C(Cl)=C\2Cl)/C=4c2ccc(C(=O)Oc3c(F)cccc3F)cc2)cc1. The Morgan fingerprint density at radius 1 is 0.309 bits per heavy atom. The van der Waals surface area contributed by atoms with E-state index in [0.717, 1.165) is 72.8 Å². The van der Waals surface area contributed by atoms with E-state index in [4.69, 9.17) is 75.3 Å². The molecule has 0 radical (unpaired) electrons. The van der Waals surface area contributed by atoms with Crippen molar-refractivity contribution in [2.75, 3.05) is 5.53 Å². The predicted octanol–water partition coefficient (Wildman–Crippen LogP) is 15.5. The van der Waals surface area contributed by atoms with Gasteiger partial charge < -0.3 is 18.9 Å². The summed E-state index contributed by atoms with van der Waals surface area (Å²) in [7, 11) is 0. The smallest absolute Gasteiger partial charge is 0.343 e. The number of carbonyl (C=O) groups is 4. The van der Waals surface area contributed by atoms with Crippen molar-refractivity contribution in [3.8, 4) is 23.0 Å². The van der Waals surface area contributed by atoms with Gasteiger partial charge in [-0.25, -0.2) is 79.2 Å². The van der Waals surface area contributed by atoms with Crippen LogP contribution in [0.25, 0.3) is 22.3 Å². The van der Waals surface area contributed by atoms with Crippen LogP contribution in [0.15, 0.2) is 236 Å². The molecule has 4 aliphatic rings. The number of hydrogen-bond donors (Lipinski definition) is 1. The second kappa shape index (κ2) is 25.1. The lowest BCUT2D eigenvalue weighted by Crippen LogP contribution is -2.42. The van der Waals surface area contributed by atoms with Crippen molar-refractivity contribution < 1.29 is 73.2 Å². The first-order valence-electron chi connectivity index (χ1n) is 28.5. The average Bonchev–Trinajstić information content (AvgIpc) is 1.57. The zero-order chi connectivity index (χ0) is 67.8. The number of nitrogens with one attached hydrogen (secondary N) is 1. The fourth-order valence-corrected chi connectivity index (χ4v) is 12.0. The summed E-state index contributed by atoms with van der Waals surface area (Å²) in [5.41, 5.74) is 5.26. The quantitative estimate of drug-likeness (QED) is 0.0716. The highest BCUT2D eigenvalue weighted by molar-refractivity contribution is 6.59. The summed E-state index contributed by atoms with van der Waals surface area (Å²) in [5, 5.41) is -0.0716. The Labute approximate surface area is 560 Å². The molecule has 13 nitrogen and oxygen atoms in total. The van der Waals surface area contributed by atoms with Gasteiger partial charge in [0.05, 0.1) is 87.3 Å². The number of halogens is 12. The van der Waals surface area contributed by atoms with E-state index in [9.17, 15) is 54.3 Å². The summed E-state index contributed by atoms with van der Waals surface area (Å²) >= 11 is 29.8. The minimum Gasteiger partial charge on any atom is -0.417 e.